The number of halogens is 1. The van der Waals surface area contributed by atoms with Crippen LogP contribution in [0.3, 0.4) is 0 Å². The van der Waals surface area contributed by atoms with Crippen molar-refractivity contribution in [3.63, 3.8) is 0 Å². The smallest absolute Gasteiger partial charge is 0.159 e. The molecular formula is C10H10ClN3O. The molecule has 3 rings (SSSR count). The average molecular weight is 224 g/mol. The minimum Gasteiger partial charge on any atom is -0.376 e. The van der Waals surface area contributed by atoms with E-state index >= 15 is 0 Å². The Morgan fingerprint density at radius 1 is 1.53 bits per heavy atom. The van der Waals surface area contributed by atoms with Crippen LogP contribution in [0.2, 0.25) is 5.15 Å². The van der Waals surface area contributed by atoms with Crippen LogP contribution in [0, 0.1) is 6.92 Å². The van der Waals surface area contributed by atoms with Gasteiger partial charge in [0.25, 0.3) is 0 Å². The molecule has 1 aliphatic heterocycles. The summed E-state index contributed by atoms with van der Waals surface area (Å²) in [6, 6.07) is 0. The number of aromatic nitrogens is 3. The van der Waals surface area contributed by atoms with E-state index in [9.17, 15) is 0 Å². The minimum atomic E-state index is 0.538. The topological polar surface area (TPSA) is 39.4 Å². The van der Waals surface area contributed by atoms with E-state index in [-0.39, 0.29) is 0 Å². The molecule has 4 nitrogen and oxygen atoms in total. The van der Waals surface area contributed by atoms with E-state index in [0.29, 0.717) is 11.8 Å². The van der Waals surface area contributed by atoms with Crippen molar-refractivity contribution in [1.29, 1.82) is 0 Å². The van der Waals surface area contributed by atoms with E-state index in [1.807, 2.05) is 6.92 Å². The zero-order valence-electron chi connectivity index (χ0n) is 8.33. The Bertz CT molecular complexity index is 535. The first-order chi connectivity index (χ1) is 7.27. The molecule has 0 atom stereocenters. The van der Waals surface area contributed by atoms with Crippen molar-refractivity contribution in [3.8, 4) is 0 Å². The van der Waals surface area contributed by atoms with Gasteiger partial charge in [0.15, 0.2) is 5.65 Å². The van der Waals surface area contributed by atoms with Gasteiger partial charge in [-0.25, -0.2) is 9.50 Å². The molecule has 0 bridgehead atoms. The predicted octanol–water partition coefficient (Wildman–Crippen LogP) is 1.76. The molecule has 0 aromatic carbocycles. The molecule has 0 aliphatic carbocycles. The van der Waals surface area contributed by atoms with Crippen molar-refractivity contribution in [2.45, 2.75) is 20.0 Å². The zero-order chi connectivity index (χ0) is 10.4. The van der Waals surface area contributed by atoms with Gasteiger partial charge in [-0.1, -0.05) is 11.6 Å². The van der Waals surface area contributed by atoms with Gasteiger partial charge in [-0.3, -0.25) is 0 Å². The lowest BCUT2D eigenvalue weighted by Crippen LogP contribution is -2.14. The molecule has 0 amide bonds. The number of hydrogen-bond donors (Lipinski definition) is 0. The Labute approximate surface area is 91.8 Å². The standard InChI is InChI=1S/C10H10ClN3O/c1-6-4-12-14-9(11)7-5-15-3-2-8(7)13-10(6)14/h4H,2-3,5H2,1H3. The molecule has 3 heterocycles. The lowest BCUT2D eigenvalue weighted by Gasteiger charge is -2.17. The van der Waals surface area contributed by atoms with Crippen molar-refractivity contribution in [3.05, 3.63) is 28.2 Å². The van der Waals surface area contributed by atoms with Crippen LogP contribution in [0.4, 0.5) is 0 Å². The van der Waals surface area contributed by atoms with Crippen LogP contribution in [0.25, 0.3) is 5.65 Å². The SMILES string of the molecule is Cc1cnn2c(Cl)c3c(nc12)CCOC3. The summed E-state index contributed by atoms with van der Waals surface area (Å²) in [7, 11) is 0. The van der Waals surface area contributed by atoms with E-state index in [0.717, 1.165) is 35.5 Å². The van der Waals surface area contributed by atoms with Gasteiger partial charge in [0.1, 0.15) is 5.15 Å². The maximum Gasteiger partial charge on any atom is 0.159 e. The highest BCUT2D eigenvalue weighted by Gasteiger charge is 2.18. The summed E-state index contributed by atoms with van der Waals surface area (Å²) in [6.07, 6.45) is 2.61. The maximum atomic E-state index is 6.25. The zero-order valence-corrected chi connectivity index (χ0v) is 9.08. The molecule has 0 fully saturated rings. The van der Waals surface area contributed by atoms with Gasteiger partial charge in [-0.2, -0.15) is 5.10 Å². The van der Waals surface area contributed by atoms with Gasteiger partial charge in [-0.05, 0) is 6.92 Å². The third-order valence-electron chi connectivity index (χ3n) is 2.67. The first kappa shape index (κ1) is 9.12. The summed E-state index contributed by atoms with van der Waals surface area (Å²) in [5.41, 5.74) is 3.91. The summed E-state index contributed by atoms with van der Waals surface area (Å²) in [5.74, 6) is 0. The van der Waals surface area contributed by atoms with Crippen molar-refractivity contribution < 1.29 is 4.74 Å². The first-order valence-electron chi connectivity index (χ1n) is 4.86. The summed E-state index contributed by atoms with van der Waals surface area (Å²) >= 11 is 6.25. The van der Waals surface area contributed by atoms with Crippen LogP contribution in [-0.2, 0) is 17.8 Å². The van der Waals surface area contributed by atoms with Gasteiger partial charge in [0.2, 0.25) is 0 Å². The molecule has 0 spiro atoms. The van der Waals surface area contributed by atoms with Crippen molar-refractivity contribution in [2.24, 2.45) is 0 Å². The van der Waals surface area contributed by atoms with Gasteiger partial charge in [-0.15, -0.1) is 0 Å². The summed E-state index contributed by atoms with van der Waals surface area (Å²) in [6.45, 7) is 3.24. The minimum absolute atomic E-state index is 0.538. The average Bonchev–Trinajstić information content (AvgIpc) is 2.62. The summed E-state index contributed by atoms with van der Waals surface area (Å²) in [4.78, 5) is 4.57. The quantitative estimate of drug-likeness (QED) is 0.639. The molecular weight excluding hydrogens is 214 g/mol. The van der Waals surface area contributed by atoms with Crippen LogP contribution < -0.4 is 0 Å². The van der Waals surface area contributed by atoms with E-state index < -0.39 is 0 Å². The predicted molar refractivity (Wildman–Crippen MR) is 56.1 cm³/mol. The highest BCUT2D eigenvalue weighted by Crippen LogP contribution is 2.25. The Morgan fingerprint density at radius 3 is 3.27 bits per heavy atom. The van der Waals surface area contributed by atoms with E-state index in [2.05, 4.69) is 10.1 Å². The van der Waals surface area contributed by atoms with Crippen LogP contribution in [0.1, 0.15) is 16.8 Å². The van der Waals surface area contributed by atoms with Crippen LogP contribution in [0.5, 0.6) is 0 Å². The van der Waals surface area contributed by atoms with Crippen molar-refractivity contribution in [1.82, 2.24) is 14.6 Å². The Balaban J connectivity index is 2.37. The van der Waals surface area contributed by atoms with Gasteiger partial charge in [0.05, 0.1) is 25.1 Å². The molecule has 78 valence electrons. The molecule has 0 saturated carbocycles. The number of fused-ring (bicyclic) bond motifs is 2. The van der Waals surface area contributed by atoms with Crippen LogP contribution >= 0.6 is 11.6 Å². The maximum absolute atomic E-state index is 6.25. The van der Waals surface area contributed by atoms with E-state index in [4.69, 9.17) is 16.3 Å². The molecule has 2 aromatic rings. The highest BCUT2D eigenvalue weighted by molar-refractivity contribution is 6.30. The van der Waals surface area contributed by atoms with E-state index in [1.54, 1.807) is 10.7 Å². The molecule has 5 heteroatoms. The Kier molecular flexibility index (Phi) is 1.94. The summed E-state index contributed by atoms with van der Waals surface area (Å²) < 4.78 is 7.04. The molecule has 1 aliphatic rings. The fraction of sp³-hybridized carbons (Fsp3) is 0.400. The number of nitrogens with zero attached hydrogens (tertiary/aromatic N) is 3. The number of aryl methyl sites for hydroxylation is 1. The molecule has 0 saturated heterocycles. The molecule has 2 aromatic heterocycles. The van der Waals surface area contributed by atoms with E-state index in [1.165, 1.54) is 0 Å². The second kappa shape index (κ2) is 3.18. The third kappa shape index (κ3) is 1.25. The molecule has 0 N–H and O–H groups in total. The number of ether oxygens (including phenoxy) is 1. The summed E-state index contributed by atoms with van der Waals surface area (Å²) in [5, 5.41) is 4.82. The molecule has 15 heavy (non-hydrogen) atoms. The number of rotatable bonds is 0. The van der Waals surface area contributed by atoms with Gasteiger partial charge < -0.3 is 4.74 Å². The Morgan fingerprint density at radius 2 is 2.40 bits per heavy atom. The second-order valence-corrected chi connectivity index (χ2v) is 4.05. The van der Waals surface area contributed by atoms with Crippen LogP contribution in [0.15, 0.2) is 6.20 Å². The molecule has 0 radical (unpaired) electrons. The first-order valence-corrected chi connectivity index (χ1v) is 5.24. The normalized spacial score (nSPS) is 15.6. The largest absolute Gasteiger partial charge is 0.376 e. The van der Waals surface area contributed by atoms with Crippen molar-refractivity contribution >= 4 is 17.2 Å². The lowest BCUT2D eigenvalue weighted by molar-refractivity contribution is 0.109. The Hall–Kier alpha value is -1.13. The fourth-order valence-corrected chi connectivity index (χ4v) is 2.13. The van der Waals surface area contributed by atoms with Gasteiger partial charge in [0, 0.05) is 17.5 Å². The second-order valence-electron chi connectivity index (χ2n) is 3.69. The number of hydrogen-bond acceptors (Lipinski definition) is 3. The molecule has 0 unspecified atom stereocenters. The van der Waals surface area contributed by atoms with Gasteiger partial charge >= 0.3 is 0 Å². The monoisotopic (exact) mass is 223 g/mol. The lowest BCUT2D eigenvalue weighted by atomic mass is 10.1. The highest BCUT2D eigenvalue weighted by atomic mass is 35.5. The third-order valence-corrected chi connectivity index (χ3v) is 3.06. The van der Waals surface area contributed by atoms with Crippen LogP contribution in [-0.4, -0.2) is 21.2 Å². The van der Waals surface area contributed by atoms with Crippen molar-refractivity contribution in [2.75, 3.05) is 6.61 Å². The fourth-order valence-electron chi connectivity index (χ4n) is 1.84.